The van der Waals surface area contributed by atoms with Gasteiger partial charge in [0.05, 0.1) is 6.10 Å². The van der Waals surface area contributed by atoms with E-state index < -0.39 is 6.22 Å². The van der Waals surface area contributed by atoms with Crippen molar-refractivity contribution in [3.05, 3.63) is 0 Å². The molecule has 0 radical (unpaired) electrons. The molecule has 0 saturated heterocycles. The molecule has 0 aromatic rings. The van der Waals surface area contributed by atoms with Crippen molar-refractivity contribution in [1.82, 2.24) is 0 Å². The Kier molecular flexibility index (Phi) is 5.05. The van der Waals surface area contributed by atoms with E-state index in [0.29, 0.717) is 11.8 Å². The zero-order valence-electron chi connectivity index (χ0n) is 12.6. The van der Waals surface area contributed by atoms with Gasteiger partial charge in [0.1, 0.15) is 6.10 Å². The molecular formula is C16H27FO3. The third kappa shape index (κ3) is 3.72. The number of ether oxygens (including phenoxy) is 1. The molecule has 2 fully saturated rings. The number of hydrogen-bond donors (Lipinski definition) is 1. The summed E-state index contributed by atoms with van der Waals surface area (Å²) in [5, 5.41) is 9.64. The number of carbonyl (C=O) groups is 1. The van der Waals surface area contributed by atoms with Gasteiger partial charge in [0.15, 0.2) is 0 Å². The van der Waals surface area contributed by atoms with Crippen LogP contribution in [0.15, 0.2) is 0 Å². The predicted octanol–water partition coefficient (Wildman–Crippen LogP) is 4.23. The van der Waals surface area contributed by atoms with Crippen molar-refractivity contribution < 1.29 is 19.0 Å². The third-order valence-electron chi connectivity index (χ3n) is 5.73. The Balaban J connectivity index is 1.86. The van der Waals surface area contributed by atoms with Crippen LogP contribution in [-0.2, 0) is 4.74 Å². The van der Waals surface area contributed by atoms with Gasteiger partial charge in [-0.15, -0.1) is 4.39 Å². The topological polar surface area (TPSA) is 46.5 Å². The summed E-state index contributed by atoms with van der Waals surface area (Å²) in [4.78, 5) is 10.4. The van der Waals surface area contributed by atoms with Crippen molar-refractivity contribution >= 4 is 6.22 Å². The highest BCUT2D eigenvalue weighted by Gasteiger charge is 2.40. The molecule has 2 aliphatic rings. The van der Waals surface area contributed by atoms with Gasteiger partial charge in [-0.1, -0.05) is 13.8 Å². The lowest BCUT2D eigenvalue weighted by Crippen LogP contribution is -2.38. The summed E-state index contributed by atoms with van der Waals surface area (Å²) in [6.45, 7) is 4.67. The summed E-state index contributed by atoms with van der Waals surface area (Å²) in [7, 11) is 0. The van der Waals surface area contributed by atoms with Crippen LogP contribution < -0.4 is 0 Å². The molecule has 0 atom stereocenters. The maximum Gasteiger partial charge on any atom is 0.495 e. The maximum absolute atomic E-state index is 12.3. The second-order valence-electron chi connectivity index (χ2n) is 7.16. The first-order chi connectivity index (χ1) is 9.39. The number of halogens is 1. The average Bonchev–Trinajstić information content (AvgIpc) is 2.39. The van der Waals surface area contributed by atoms with E-state index in [-0.39, 0.29) is 17.6 Å². The van der Waals surface area contributed by atoms with Crippen molar-refractivity contribution in [2.45, 2.75) is 77.4 Å². The molecule has 0 aromatic heterocycles. The van der Waals surface area contributed by atoms with E-state index in [1.54, 1.807) is 0 Å². The lowest BCUT2D eigenvalue weighted by molar-refractivity contribution is -0.00666. The molecule has 2 aliphatic carbocycles. The van der Waals surface area contributed by atoms with Gasteiger partial charge in [-0.3, -0.25) is 0 Å². The summed E-state index contributed by atoms with van der Waals surface area (Å²) in [6, 6.07) is 0. The highest BCUT2D eigenvalue weighted by molar-refractivity contribution is 5.58. The smallest absolute Gasteiger partial charge is 0.437 e. The molecule has 2 saturated carbocycles. The molecule has 0 spiro atoms. The number of aliphatic hydroxyl groups excluding tert-OH is 1. The minimum absolute atomic E-state index is 0.109. The largest absolute Gasteiger partial charge is 0.495 e. The van der Waals surface area contributed by atoms with Gasteiger partial charge >= 0.3 is 6.22 Å². The minimum Gasteiger partial charge on any atom is -0.437 e. The van der Waals surface area contributed by atoms with Gasteiger partial charge in [-0.25, -0.2) is 4.79 Å². The molecule has 0 heterocycles. The Morgan fingerprint density at radius 2 is 1.45 bits per heavy atom. The van der Waals surface area contributed by atoms with Gasteiger partial charge in [0, 0.05) is 0 Å². The molecule has 20 heavy (non-hydrogen) atoms. The van der Waals surface area contributed by atoms with Crippen molar-refractivity contribution in [3.63, 3.8) is 0 Å². The van der Waals surface area contributed by atoms with Crippen LogP contribution in [0.4, 0.5) is 9.18 Å². The van der Waals surface area contributed by atoms with Crippen molar-refractivity contribution in [3.8, 4) is 0 Å². The van der Waals surface area contributed by atoms with Gasteiger partial charge < -0.3 is 9.84 Å². The zero-order chi connectivity index (χ0) is 14.8. The first kappa shape index (κ1) is 15.7. The minimum atomic E-state index is -1.64. The summed E-state index contributed by atoms with van der Waals surface area (Å²) >= 11 is 0. The molecule has 4 heteroatoms. The van der Waals surface area contributed by atoms with E-state index in [2.05, 4.69) is 18.6 Å². The maximum atomic E-state index is 12.3. The van der Waals surface area contributed by atoms with Crippen LogP contribution in [0, 0.1) is 17.3 Å². The summed E-state index contributed by atoms with van der Waals surface area (Å²) in [6.07, 6.45) is 5.63. The molecule has 0 aliphatic heterocycles. The highest BCUT2D eigenvalue weighted by Crippen LogP contribution is 2.48. The fraction of sp³-hybridized carbons (Fsp3) is 0.938. The van der Waals surface area contributed by atoms with E-state index in [1.807, 2.05) is 0 Å². The van der Waals surface area contributed by atoms with Crippen LogP contribution in [0.25, 0.3) is 0 Å². The van der Waals surface area contributed by atoms with Crippen LogP contribution in [0.5, 0.6) is 0 Å². The molecule has 0 amide bonds. The molecular weight excluding hydrogens is 259 g/mol. The molecule has 2 rings (SSSR count). The Labute approximate surface area is 120 Å². The Hall–Kier alpha value is -0.640. The normalized spacial score (nSPS) is 35.6. The lowest BCUT2D eigenvalue weighted by atomic mass is 9.60. The third-order valence-corrected chi connectivity index (χ3v) is 5.73. The second kappa shape index (κ2) is 6.42. The summed E-state index contributed by atoms with van der Waals surface area (Å²) in [5.74, 6) is 1.27. The molecule has 0 bridgehead atoms. The molecule has 0 unspecified atom stereocenters. The predicted molar refractivity (Wildman–Crippen MR) is 75.1 cm³/mol. The number of aliphatic hydroxyl groups is 1. The number of carbonyl (C=O) groups excluding carboxylic acids is 1. The van der Waals surface area contributed by atoms with Gasteiger partial charge in [0.2, 0.25) is 0 Å². The van der Waals surface area contributed by atoms with Crippen molar-refractivity contribution in [1.29, 1.82) is 0 Å². The van der Waals surface area contributed by atoms with E-state index in [0.717, 1.165) is 51.4 Å². The molecule has 3 nitrogen and oxygen atoms in total. The SMILES string of the molecule is CC(C)(C1CCC(O)CC1)C1CCC(OC(=O)F)CC1. The van der Waals surface area contributed by atoms with E-state index in [4.69, 9.17) is 0 Å². The van der Waals surface area contributed by atoms with E-state index in [9.17, 15) is 14.3 Å². The lowest BCUT2D eigenvalue weighted by Gasteiger charge is -2.46. The standard InChI is InChI=1S/C16H27FO3/c1-16(2,11-3-7-13(18)8-4-11)12-5-9-14(10-6-12)20-15(17)19/h11-14,18H,3-10H2,1-2H3. The van der Waals surface area contributed by atoms with Gasteiger partial charge in [0.25, 0.3) is 0 Å². The highest BCUT2D eigenvalue weighted by atomic mass is 19.1. The number of hydrogen-bond acceptors (Lipinski definition) is 3. The Bertz CT molecular complexity index is 327. The fourth-order valence-electron chi connectivity index (χ4n) is 4.21. The van der Waals surface area contributed by atoms with Gasteiger partial charge in [-0.2, -0.15) is 0 Å². The van der Waals surface area contributed by atoms with E-state index in [1.165, 1.54) is 0 Å². The quantitative estimate of drug-likeness (QED) is 0.790. The van der Waals surface area contributed by atoms with Crippen LogP contribution in [0.3, 0.4) is 0 Å². The Morgan fingerprint density at radius 1 is 1.00 bits per heavy atom. The van der Waals surface area contributed by atoms with Crippen molar-refractivity contribution in [2.24, 2.45) is 17.3 Å². The molecule has 0 aromatic carbocycles. The first-order valence-corrected chi connectivity index (χ1v) is 7.93. The molecule has 1 N–H and O–H groups in total. The summed E-state index contributed by atoms with van der Waals surface area (Å²) < 4.78 is 16.9. The zero-order valence-corrected chi connectivity index (χ0v) is 12.6. The monoisotopic (exact) mass is 286 g/mol. The van der Waals surface area contributed by atoms with Crippen LogP contribution in [0.2, 0.25) is 0 Å². The second-order valence-corrected chi connectivity index (χ2v) is 7.16. The van der Waals surface area contributed by atoms with Gasteiger partial charge in [-0.05, 0) is 68.6 Å². The van der Waals surface area contributed by atoms with Crippen LogP contribution in [-0.4, -0.2) is 23.5 Å². The summed E-state index contributed by atoms with van der Waals surface area (Å²) in [5.41, 5.74) is 0.255. The van der Waals surface area contributed by atoms with Crippen LogP contribution in [0.1, 0.15) is 65.2 Å². The van der Waals surface area contributed by atoms with Crippen molar-refractivity contribution in [2.75, 3.05) is 0 Å². The number of rotatable bonds is 3. The van der Waals surface area contributed by atoms with Crippen LogP contribution >= 0.6 is 0 Å². The first-order valence-electron chi connectivity index (χ1n) is 7.93. The molecule has 116 valence electrons. The van der Waals surface area contributed by atoms with E-state index >= 15 is 0 Å². The average molecular weight is 286 g/mol. The fourth-order valence-corrected chi connectivity index (χ4v) is 4.21. The Morgan fingerprint density at radius 3 is 1.90 bits per heavy atom.